The Morgan fingerprint density at radius 2 is 1.40 bits per heavy atom. The van der Waals surface area contributed by atoms with Gasteiger partial charge in [0.2, 0.25) is 0 Å². The first-order chi connectivity index (χ1) is 12.1. The highest BCUT2D eigenvalue weighted by Gasteiger charge is 2.36. The molecule has 2 aromatic rings. The zero-order valence-electron chi connectivity index (χ0n) is 15.5. The smallest absolute Gasteiger partial charge is 0.377 e. The zero-order chi connectivity index (χ0) is 18.1. The van der Waals surface area contributed by atoms with Gasteiger partial charge in [-0.3, -0.25) is 0 Å². The van der Waals surface area contributed by atoms with Crippen LogP contribution in [0.2, 0.25) is 6.04 Å². The number of allylic oxidation sites excluding steroid dienone is 1. The largest absolute Gasteiger partial charge is 0.500 e. The zero-order valence-corrected chi connectivity index (χ0v) is 16.5. The van der Waals surface area contributed by atoms with Crippen LogP contribution in [0.15, 0.2) is 61.2 Å². The molecule has 0 radical (unpaired) electrons. The lowest BCUT2D eigenvalue weighted by molar-refractivity contribution is 0.123. The van der Waals surface area contributed by atoms with Gasteiger partial charge in [0.25, 0.3) is 0 Å². The Labute approximate surface area is 152 Å². The predicted octanol–water partition coefficient (Wildman–Crippen LogP) is 4.75. The topological polar surface area (TPSA) is 27.7 Å². The molecule has 0 aliphatic carbocycles. The Morgan fingerprint density at radius 3 is 1.96 bits per heavy atom. The molecule has 0 N–H and O–H groups in total. The Kier molecular flexibility index (Phi) is 7.59. The lowest BCUT2D eigenvalue weighted by atomic mass is 9.98. The van der Waals surface area contributed by atoms with Gasteiger partial charge in [0.1, 0.15) is 0 Å². The summed E-state index contributed by atoms with van der Waals surface area (Å²) in [6.45, 7) is 4.21. The molecule has 0 atom stereocenters. The van der Waals surface area contributed by atoms with Crippen LogP contribution in [0.3, 0.4) is 0 Å². The molecule has 25 heavy (non-hydrogen) atoms. The minimum absolute atomic E-state index is 0.822. The second kappa shape index (κ2) is 9.68. The van der Waals surface area contributed by atoms with Crippen LogP contribution in [0.5, 0.6) is 0 Å². The van der Waals surface area contributed by atoms with E-state index in [1.807, 2.05) is 18.2 Å². The Hall–Kier alpha value is -1.72. The van der Waals surface area contributed by atoms with Gasteiger partial charge in [-0.15, -0.1) is 0 Å². The molecule has 0 saturated carbocycles. The summed E-state index contributed by atoms with van der Waals surface area (Å²) in [5, 5.41) is 0. The van der Waals surface area contributed by atoms with Gasteiger partial charge in [0.05, 0.1) is 0 Å². The van der Waals surface area contributed by atoms with Crippen molar-refractivity contribution in [2.45, 2.75) is 25.3 Å². The average molecular weight is 357 g/mol. The Bertz CT molecular complexity index is 640. The second-order valence-corrected chi connectivity index (χ2v) is 9.20. The van der Waals surface area contributed by atoms with Crippen LogP contribution in [-0.2, 0) is 26.1 Å². The highest BCUT2D eigenvalue weighted by atomic mass is 28.4. The summed E-state index contributed by atoms with van der Waals surface area (Å²) in [6.07, 6.45) is 2.85. The van der Waals surface area contributed by atoms with Gasteiger partial charge in [-0.05, 0) is 41.5 Å². The van der Waals surface area contributed by atoms with Crippen molar-refractivity contribution in [3.05, 3.63) is 77.9 Å². The molecule has 0 saturated heterocycles. The first-order valence-electron chi connectivity index (χ1n) is 8.59. The molecule has 4 heteroatoms. The molecule has 0 aromatic heterocycles. The average Bonchev–Trinajstić information content (AvgIpc) is 2.67. The Morgan fingerprint density at radius 1 is 0.840 bits per heavy atom. The maximum atomic E-state index is 5.46. The maximum absolute atomic E-state index is 5.46. The van der Waals surface area contributed by atoms with Crippen molar-refractivity contribution in [3.63, 3.8) is 0 Å². The minimum atomic E-state index is -2.45. The molecule has 0 amide bonds. The number of rotatable bonds is 10. The van der Waals surface area contributed by atoms with Crippen molar-refractivity contribution in [1.29, 1.82) is 0 Å². The van der Waals surface area contributed by atoms with Gasteiger partial charge in [-0.2, -0.15) is 0 Å². The van der Waals surface area contributed by atoms with E-state index in [2.05, 4.69) is 43.0 Å². The van der Waals surface area contributed by atoms with Crippen molar-refractivity contribution in [1.82, 2.24) is 0 Å². The van der Waals surface area contributed by atoms with E-state index >= 15 is 0 Å². The molecule has 0 bridgehead atoms. The fourth-order valence-electron chi connectivity index (χ4n) is 2.91. The summed E-state index contributed by atoms with van der Waals surface area (Å²) in [5.74, 6) is 0. The van der Waals surface area contributed by atoms with Gasteiger partial charge < -0.3 is 13.3 Å². The summed E-state index contributed by atoms with van der Waals surface area (Å²) in [7, 11) is 2.53. The van der Waals surface area contributed by atoms with E-state index in [0.29, 0.717) is 0 Å². The van der Waals surface area contributed by atoms with Crippen molar-refractivity contribution in [2.75, 3.05) is 21.3 Å². The van der Waals surface area contributed by atoms with E-state index < -0.39 is 8.80 Å². The number of hydrogen-bond acceptors (Lipinski definition) is 3. The third-order valence-corrected chi connectivity index (χ3v) is 7.34. The molecule has 2 rings (SSSR count). The van der Waals surface area contributed by atoms with E-state index in [-0.39, 0.29) is 0 Å². The first-order valence-corrected chi connectivity index (χ1v) is 10.5. The van der Waals surface area contributed by atoms with Crippen molar-refractivity contribution in [2.24, 2.45) is 0 Å². The third kappa shape index (κ3) is 5.65. The van der Waals surface area contributed by atoms with Gasteiger partial charge in [0, 0.05) is 27.4 Å². The van der Waals surface area contributed by atoms with Crippen LogP contribution in [0.4, 0.5) is 0 Å². The summed E-state index contributed by atoms with van der Waals surface area (Å²) < 4.78 is 16.4. The van der Waals surface area contributed by atoms with E-state index in [9.17, 15) is 0 Å². The van der Waals surface area contributed by atoms with Crippen LogP contribution in [0.1, 0.15) is 23.1 Å². The number of benzene rings is 2. The summed E-state index contributed by atoms with van der Waals surface area (Å²) in [6, 6.07) is 19.9. The quantitative estimate of drug-likeness (QED) is 0.575. The lowest BCUT2D eigenvalue weighted by Crippen LogP contribution is -2.42. The molecular weight excluding hydrogens is 328 g/mol. The molecule has 0 heterocycles. The molecule has 3 nitrogen and oxygen atoms in total. The predicted molar refractivity (Wildman–Crippen MR) is 106 cm³/mol. The van der Waals surface area contributed by atoms with E-state index in [4.69, 9.17) is 13.3 Å². The van der Waals surface area contributed by atoms with Crippen LogP contribution in [0.25, 0.3) is 5.57 Å². The highest BCUT2D eigenvalue weighted by Crippen LogP contribution is 2.20. The molecule has 0 aliphatic rings. The molecular formula is C21H28O3Si. The monoisotopic (exact) mass is 356 g/mol. The fraction of sp³-hybridized carbons (Fsp3) is 0.333. The third-order valence-electron chi connectivity index (χ3n) is 4.50. The van der Waals surface area contributed by atoms with E-state index in [1.54, 1.807) is 21.3 Å². The van der Waals surface area contributed by atoms with Gasteiger partial charge in [-0.1, -0.05) is 61.2 Å². The molecule has 0 unspecified atom stereocenters. The van der Waals surface area contributed by atoms with Gasteiger partial charge in [-0.25, -0.2) is 0 Å². The van der Waals surface area contributed by atoms with Crippen molar-refractivity contribution in [3.8, 4) is 0 Å². The molecule has 0 fully saturated rings. The normalized spacial score (nSPS) is 11.5. The van der Waals surface area contributed by atoms with Crippen molar-refractivity contribution < 1.29 is 13.3 Å². The standard InChI is InChI=1S/C21H28O3Si/c1-18(21-10-6-5-7-11-21)17-20-14-12-19(13-15-20)9-8-16-25(22-2,23-3)24-4/h5-7,10-15H,1,8-9,16-17H2,2-4H3. The lowest BCUT2D eigenvalue weighted by Gasteiger charge is -2.24. The summed E-state index contributed by atoms with van der Waals surface area (Å²) in [5.41, 5.74) is 4.95. The van der Waals surface area contributed by atoms with Gasteiger partial charge >= 0.3 is 8.80 Å². The first kappa shape index (κ1) is 19.6. The van der Waals surface area contributed by atoms with E-state index in [1.165, 1.54) is 16.7 Å². The SMILES string of the molecule is C=C(Cc1ccc(CCC[Si](OC)(OC)OC)cc1)c1ccccc1. The molecule has 0 aliphatic heterocycles. The van der Waals surface area contributed by atoms with Crippen LogP contribution >= 0.6 is 0 Å². The highest BCUT2D eigenvalue weighted by molar-refractivity contribution is 6.60. The Balaban J connectivity index is 1.87. The minimum Gasteiger partial charge on any atom is -0.377 e. The van der Waals surface area contributed by atoms with Crippen molar-refractivity contribution >= 4 is 14.4 Å². The second-order valence-electron chi connectivity index (χ2n) is 6.11. The van der Waals surface area contributed by atoms with Crippen LogP contribution < -0.4 is 0 Å². The molecule has 2 aromatic carbocycles. The molecule has 0 spiro atoms. The number of aryl methyl sites for hydroxylation is 1. The fourth-order valence-corrected chi connectivity index (χ4v) is 4.63. The number of hydrogen-bond donors (Lipinski definition) is 0. The summed E-state index contributed by atoms with van der Waals surface area (Å²) in [4.78, 5) is 0. The van der Waals surface area contributed by atoms with E-state index in [0.717, 1.165) is 30.9 Å². The summed E-state index contributed by atoms with van der Waals surface area (Å²) >= 11 is 0. The molecule has 134 valence electrons. The van der Waals surface area contributed by atoms with Gasteiger partial charge in [0.15, 0.2) is 0 Å². The maximum Gasteiger partial charge on any atom is 0.500 e. The van der Waals surface area contributed by atoms with Crippen LogP contribution in [-0.4, -0.2) is 30.1 Å². The van der Waals surface area contributed by atoms with Crippen LogP contribution in [0, 0.1) is 0 Å².